The number of carbonyl (C=O) groups excluding carboxylic acids is 2. The van der Waals surface area contributed by atoms with E-state index in [0.29, 0.717) is 11.4 Å². The summed E-state index contributed by atoms with van der Waals surface area (Å²) in [6, 6.07) is 5.74. The second-order valence-electron chi connectivity index (χ2n) is 6.86. The minimum Gasteiger partial charge on any atom is -0.354 e. The van der Waals surface area contributed by atoms with Gasteiger partial charge in [-0.05, 0) is 35.3 Å². The molecule has 0 spiro atoms. The van der Waals surface area contributed by atoms with E-state index in [1.807, 2.05) is 13.8 Å². The number of nitrogens with zero attached hydrogens (tertiary/aromatic N) is 5. The Morgan fingerprint density at radius 3 is 2.50 bits per heavy atom. The molecule has 13 heteroatoms. The second kappa shape index (κ2) is 10.1. The van der Waals surface area contributed by atoms with Gasteiger partial charge >= 0.3 is 11.8 Å². The Hall–Kier alpha value is -3.61. The van der Waals surface area contributed by atoms with Gasteiger partial charge in [-0.2, -0.15) is 10.1 Å². The molecular weight excluding hydrogens is 486 g/mol. The molecule has 2 N–H and O–H groups in total. The first kappa shape index (κ1) is 23.1. The Morgan fingerprint density at radius 2 is 1.88 bits per heavy atom. The van der Waals surface area contributed by atoms with Crippen LogP contribution in [0.25, 0.3) is 0 Å². The molecule has 12 nitrogen and oxygen atoms in total. The molecule has 0 atom stereocenters. The first-order valence-corrected chi connectivity index (χ1v) is 10.3. The first-order chi connectivity index (χ1) is 15.2. The van der Waals surface area contributed by atoms with Crippen LogP contribution in [-0.4, -0.2) is 49.7 Å². The molecule has 0 unspecified atom stereocenters. The molecule has 0 aliphatic rings. The van der Waals surface area contributed by atoms with Crippen LogP contribution in [0.15, 0.2) is 33.3 Å². The minimum atomic E-state index is -0.553. The molecule has 168 valence electrons. The highest BCUT2D eigenvalue weighted by Crippen LogP contribution is 2.20. The Balaban J connectivity index is 1.41. The maximum absolute atomic E-state index is 12.2. The molecule has 1 aromatic carbocycles. The van der Waals surface area contributed by atoms with Crippen LogP contribution in [0.1, 0.15) is 33.5 Å². The third-order valence-corrected chi connectivity index (χ3v) is 5.64. The van der Waals surface area contributed by atoms with Gasteiger partial charge < -0.3 is 15.2 Å². The van der Waals surface area contributed by atoms with Crippen molar-refractivity contribution in [3.8, 4) is 0 Å². The summed E-state index contributed by atoms with van der Waals surface area (Å²) in [5.74, 6) is -0.699. The van der Waals surface area contributed by atoms with Crippen molar-refractivity contribution in [3.05, 3.63) is 67.5 Å². The maximum Gasteiger partial charge on any atom is 0.316 e. The molecule has 0 fully saturated rings. The van der Waals surface area contributed by atoms with Crippen molar-refractivity contribution in [2.24, 2.45) is 0 Å². The number of aromatic nitrogens is 4. The number of halogens is 1. The van der Waals surface area contributed by atoms with Crippen LogP contribution in [0.3, 0.4) is 0 Å². The minimum absolute atomic E-state index is 0.0382. The quantitative estimate of drug-likeness (QED) is 0.252. The van der Waals surface area contributed by atoms with Crippen molar-refractivity contribution >= 4 is 33.4 Å². The van der Waals surface area contributed by atoms with Crippen molar-refractivity contribution in [1.82, 2.24) is 30.6 Å². The summed E-state index contributed by atoms with van der Waals surface area (Å²) >= 11 is 3.45. The van der Waals surface area contributed by atoms with Crippen molar-refractivity contribution in [3.63, 3.8) is 0 Å². The normalized spacial score (nSPS) is 10.7. The van der Waals surface area contributed by atoms with Gasteiger partial charge in [-0.3, -0.25) is 24.4 Å². The molecule has 32 heavy (non-hydrogen) atoms. The summed E-state index contributed by atoms with van der Waals surface area (Å²) in [5, 5.41) is 24.0. The lowest BCUT2D eigenvalue weighted by atomic mass is 10.1. The summed E-state index contributed by atoms with van der Waals surface area (Å²) in [5.41, 5.74) is 2.34. The lowest BCUT2D eigenvalue weighted by Gasteiger charge is -2.06. The largest absolute Gasteiger partial charge is 0.354 e. The van der Waals surface area contributed by atoms with E-state index in [-0.39, 0.29) is 43.5 Å². The fourth-order valence-electron chi connectivity index (χ4n) is 2.81. The zero-order valence-corrected chi connectivity index (χ0v) is 18.9. The molecule has 3 aromatic rings. The van der Waals surface area contributed by atoms with Gasteiger partial charge in [-0.1, -0.05) is 17.3 Å². The third-order valence-electron chi connectivity index (χ3n) is 4.49. The zero-order valence-electron chi connectivity index (χ0n) is 17.3. The predicted molar refractivity (Wildman–Crippen MR) is 115 cm³/mol. The number of carbonyl (C=O) groups is 2. The van der Waals surface area contributed by atoms with Gasteiger partial charge in [0.1, 0.15) is 6.54 Å². The molecule has 0 aliphatic heterocycles. The van der Waals surface area contributed by atoms with Crippen LogP contribution in [0.4, 0.5) is 5.69 Å². The summed E-state index contributed by atoms with van der Waals surface area (Å²) in [4.78, 5) is 38.3. The monoisotopic (exact) mass is 505 g/mol. The summed E-state index contributed by atoms with van der Waals surface area (Å²) < 4.78 is 7.60. The molecule has 0 bridgehead atoms. The molecule has 2 heterocycles. The number of nitro benzene ring substituents is 1. The van der Waals surface area contributed by atoms with Crippen LogP contribution in [0, 0.1) is 24.0 Å². The van der Waals surface area contributed by atoms with Crippen molar-refractivity contribution in [1.29, 1.82) is 0 Å². The molecular formula is C19H20BrN7O5. The van der Waals surface area contributed by atoms with Crippen molar-refractivity contribution in [2.75, 3.05) is 13.1 Å². The van der Waals surface area contributed by atoms with Crippen LogP contribution >= 0.6 is 15.9 Å². The SMILES string of the molecule is Cc1nn(Cc2noc(C(=O)NCCNC(=O)Cc3ccc([N+](=O)[O-])cc3)n2)c(C)c1Br. The van der Waals surface area contributed by atoms with Gasteiger partial charge in [0.25, 0.3) is 5.69 Å². The van der Waals surface area contributed by atoms with E-state index in [4.69, 9.17) is 4.52 Å². The molecule has 0 saturated carbocycles. The van der Waals surface area contributed by atoms with Gasteiger partial charge in [0.2, 0.25) is 5.91 Å². The Kier molecular flexibility index (Phi) is 7.30. The summed E-state index contributed by atoms with van der Waals surface area (Å²) in [7, 11) is 0. The standard InChI is InChI=1S/C19H20BrN7O5/c1-11-17(20)12(2)26(24-11)10-15-23-19(32-25-15)18(29)22-8-7-21-16(28)9-13-3-5-14(6-4-13)27(30)31/h3-6H,7-10H2,1-2H3,(H,21,28)(H,22,29). The number of aryl methyl sites for hydroxylation is 1. The highest BCUT2D eigenvalue weighted by molar-refractivity contribution is 9.10. The van der Waals surface area contributed by atoms with Crippen LogP contribution in [0.2, 0.25) is 0 Å². The molecule has 0 saturated heterocycles. The van der Waals surface area contributed by atoms with Gasteiger partial charge in [0.05, 0.1) is 27.2 Å². The van der Waals surface area contributed by atoms with Crippen molar-refractivity contribution in [2.45, 2.75) is 26.8 Å². The number of nitro groups is 1. The lowest BCUT2D eigenvalue weighted by Crippen LogP contribution is -2.35. The average Bonchev–Trinajstić information content (AvgIpc) is 3.32. The Morgan fingerprint density at radius 1 is 1.19 bits per heavy atom. The number of non-ortho nitro benzene ring substituents is 1. The molecule has 0 aliphatic carbocycles. The topological polar surface area (TPSA) is 158 Å². The predicted octanol–water partition coefficient (Wildman–Crippen LogP) is 1.69. The molecule has 3 rings (SSSR count). The Bertz CT molecular complexity index is 1140. The Labute approximate surface area is 190 Å². The fourth-order valence-corrected chi connectivity index (χ4v) is 3.09. The van der Waals surface area contributed by atoms with E-state index in [2.05, 4.69) is 41.8 Å². The highest BCUT2D eigenvalue weighted by Gasteiger charge is 2.17. The van der Waals surface area contributed by atoms with Crippen LogP contribution in [0.5, 0.6) is 0 Å². The van der Waals surface area contributed by atoms with Crippen LogP contribution < -0.4 is 10.6 Å². The number of benzene rings is 1. The van der Waals surface area contributed by atoms with Crippen LogP contribution in [-0.2, 0) is 17.8 Å². The molecule has 2 aromatic heterocycles. The fraction of sp³-hybridized carbons (Fsp3) is 0.316. The van der Waals surface area contributed by atoms with E-state index in [1.165, 1.54) is 24.3 Å². The lowest BCUT2D eigenvalue weighted by molar-refractivity contribution is -0.384. The van der Waals surface area contributed by atoms with Gasteiger partial charge in [0, 0.05) is 25.2 Å². The van der Waals surface area contributed by atoms with E-state index < -0.39 is 10.8 Å². The van der Waals surface area contributed by atoms with E-state index in [1.54, 1.807) is 4.68 Å². The smallest absolute Gasteiger partial charge is 0.316 e. The van der Waals surface area contributed by atoms with E-state index in [9.17, 15) is 19.7 Å². The van der Waals surface area contributed by atoms with E-state index in [0.717, 1.165) is 15.9 Å². The van der Waals surface area contributed by atoms with Gasteiger partial charge in [0.15, 0.2) is 5.82 Å². The zero-order chi connectivity index (χ0) is 23.3. The first-order valence-electron chi connectivity index (χ1n) is 9.55. The average molecular weight is 506 g/mol. The van der Waals surface area contributed by atoms with Crippen molar-refractivity contribution < 1.29 is 19.0 Å². The van der Waals surface area contributed by atoms with E-state index >= 15 is 0 Å². The number of nitrogens with one attached hydrogen (secondary N) is 2. The summed E-state index contributed by atoms with van der Waals surface area (Å²) in [6.07, 6.45) is 0.0708. The number of rotatable bonds is 9. The van der Waals surface area contributed by atoms with Gasteiger partial charge in [-0.25, -0.2) is 0 Å². The summed E-state index contributed by atoms with van der Waals surface area (Å²) in [6.45, 7) is 4.38. The number of hydrogen-bond donors (Lipinski definition) is 2. The third kappa shape index (κ3) is 5.75. The number of amides is 2. The molecule has 2 amide bonds. The number of hydrogen-bond acceptors (Lipinski definition) is 8. The van der Waals surface area contributed by atoms with Gasteiger partial charge in [-0.15, -0.1) is 0 Å². The maximum atomic E-state index is 12.2. The second-order valence-corrected chi connectivity index (χ2v) is 7.66. The molecule has 0 radical (unpaired) electrons. The highest BCUT2D eigenvalue weighted by atomic mass is 79.9.